The van der Waals surface area contributed by atoms with Crippen LogP contribution in [0, 0.1) is 0 Å². The Labute approximate surface area is 117 Å². The van der Waals surface area contributed by atoms with Gasteiger partial charge in [-0.1, -0.05) is 12.1 Å². The summed E-state index contributed by atoms with van der Waals surface area (Å²) in [6.45, 7) is -1.33. The van der Waals surface area contributed by atoms with Gasteiger partial charge in [-0.05, 0) is 37.9 Å². The number of ether oxygens (including phenoxy) is 1. The third kappa shape index (κ3) is 2.95. The molecule has 0 N–H and O–H groups in total. The van der Waals surface area contributed by atoms with Crippen LogP contribution in [0.2, 0.25) is 0 Å². The number of hydrogen-bond donors (Lipinski definition) is 0. The van der Waals surface area contributed by atoms with E-state index in [0.717, 1.165) is 8.95 Å². The van der Waals surface area contributed by atoms with Crippen LogP contribution >= 0.6 is 31.9 Å². The third-order valence-corrected chi connectivity index (χ3v) is 4.13. The quantitative estimate of drug-likeness (QED) is 0.748. The van der Waals surface area contributed by atoms with Crippen LogP contribution in [0.25, 0.3) is 10.9 Å². The van der Waals surface area contributed by atoms with Crippen molar-refractivity contribution in [2.75, 3.05) is 6.61 Å². The minimum absolute atomic E-state index is 0.109. The molecule has 7 heteroatoms. The standard InChI is InChI=1S/C11H6Br2F3NO/c12-7-4-17-10-6(9(7)13)2-1-3-8(10)18-5-11(14,15)16/h1-4H,5H2. The number of pyridine rings is 1. The van der Waals surface area contributed by atoms with Gasteiger partial charge in [0.2, 0.25) is 0 Å². The van der Waals surface area contributed by atoms with E-state index >= 15 is 0 Å². The van der Waals surface area contributed by atoms with Gasteiger partial charge in [0, 0.05) is 16.1 Å². The molecule has 0 saturated heterocycles. The third-order valence-electron chi connectivity index (χ3n) is 2.14. The molecule has 0 radical (unpaired) electrons. The number of halogens is 5. The normalized spacial score (nSPS) is 11.8. The van der Waals surface area contributed by atoms with Gasteiger partial charge in [-0.15, -0.1) is 0 Å². The molecule has 0 bridgehead atoms. The fourth-order valence-electron chi connectivity index (χ4n) is 1.42. The Kier molecular flexibility index (Phi) is 3.82. The number of fused-ring (bicyclic) bond motifs is 1. The molecular weight excluding hydrogens is 379 g/mol. The molecule has 0 aliphatic heterocycles. The van der Waals surface area contributed by atoms with E-state index in [1.54, 1.807) is 12.1 Å². The van der Waals surface area contributed by atoms with Crippen LogP contribution in [-0.4, -0.2) is 17.8 Å². The van der Waals surface area contributed by atoms with Crippen molar-refractivity contribution in [2.24, 2.45) is 0 Å². The lowest BCUT2D eigenvalue weighted by molar-refractivity contribution is -0.153. The Morgan fingerprint density at radius 1 is 1.22 bits per heavy atom. The smallest absolute Gasteiger partial charge is 0.422 e. The minimum Gasteiger partial charge on any atom is -0.482 e. The predicted molar refractivity (Wildman–Crippen MR) is 68.7 cm³/mol. The summed E-state index contributed by atoms with van der Waals surface area (Å²) in [6.07, 6.45) is -2.86. The van der Waals surface area contributed by atoms with Crippen molar-refractivity contribution in [3.63, 3.8) is 0 Å². The summed E-state index contributed by atoms with van der Waals surface area (Å²) in [5, 5.41) is 0.684. The largest absolute Gasteiger partial charge is 0.482 e. The average molecular weight is 385 g/mol. The van der Waals surface area contributed by atoms with Crippen molar-refractivity contribution in [2.45, 2.75) is 6.18 Å². The van der Waals surface area contributed by atoms with Crippen molar-refractivity contribution in [3.05, 3.63) is 33.3 Å². The maximum atomic E-state index is 12.1. The van der Waals surface area contributed by atoms with Crippen molar-refractivity contribution in [1.82, 2.24) is 4.98 Å². The summed E-state index contributed by atoms with van der Waals surface area (Å²) < 4.78 is 42.6. The summed E-state index contributed by atoms with van der Waals surface area (Å²) in [5.41, 5.74) is 0.386. The maximum absolute atomic E-state index is 12.1. The molecule has 0 fully saturated rings. The monoisotopic (exact) mass is 383 g/mol. The van der Waals surface area contributed by atoms with Crippen LogP contribution < -0.4 is 4.74 Å². The van der Waals surface area contributed by atoms with Crippen molar-refractivity contribution in [3.8, 4) is 5.75 Å². The number of alkyl halides is 3. The molecule has 0 aliphatic rings. The maximum Gasteiger partial charge on any atom is 0.422 e. The highest BCUT2D eigenvalue weighted by Gasteiger charge is 2.28. The molecule has 0 amide bonds. The Bertz CT molecular complexity index is 586. The summed E-state index contributed by atoms with van der Waals surface area (Å²) in [5.74, 6) is 0.109. The fraction of sp³-hybridized carbons (Fsp3) is 0.182. The lowest BCUT2D eigenvalue weighted by Crippen LogP contribution is -2.19. The Balaban J connectivity index is 2.43. The molecule has 2 nitrogen and oxygen atoms in total. The molecular formula is C11H6Br2F3NO. The number of aromatic nitrogens is 1. The van der Waals surface area contributed by atoms with E-state index in [4.69, 9.17) is 4.74 Å². The van der Waals surface area contributed by atoms with E-state index in [1.165, 1.54) is 12.3 Å². The van der Waals surface area contributed by atoms with Gasteiger partial charge in [0.05, 0.1) is 4.47 Å². The summed E-state index contributed by atoms with van der Waals surface area (Å²) >= 11 is 6.62. The number of rotatable bonds is 2. The summed E-state index contributed by atoms with van der Waals surface area (Å²) in [6, 6.07) is 4.83. The van der Waals surface area contributed by atoms with Crippen LogP contribution in [0.3, 0.4) is 0 Å². The zero-order valence-corrected chi connectivity index (χ0v) is 11.9. The molecule has 2 aromatic rings. The van der Waals surface area contributed by atoms with Crippen molar-refractivity contribution in [1.29, 1.82) is 0 Å². The zero-order chi connectivity index (χ0) is 13.3. The van der Waals surface area contributed by atoms with Gasteiger partial charge in [-0.2, -0.15) is 13.2 Å². The van der Waals surface area contributed by atoms with Crippen LogP contribution in [0.4, 0.5) is 13.2 Å². The van der Waals surface area contributed by atoms with E-state index in [9.17, 15) is 13.2 Å². The molecule has 0 unspecified atom stereocenters. The molecule has 0 atom stereocenters. The Hall–Kier alpha value is -0.820. The van der Waals surface area contributed by atoms with Crippen molar-refractivity contribution < 1.29 is 17.9 Å². The van der Waals surface area contributed by atoms with Gasteiger partial charge in [0.15, 0.2) is 6.61 Å². The van der Waals surface area contributed by atoms with E-state index < -0.39 is 12.8 Å². The number of para-hydroxylation sites is 1. The topological polar surface area (TPSA) is 22.1 Å². The predicted octanol–water partition coefficient (Wildman–Crippen LogP) is 4.70. The highest BCUT2D eigenvalue weighted by molar-refractivity contribution is 9.13. The van der Waals surface area contributed by atoms with Gasteiger partial charge in [-0.3, -0.25) is 4.98 Å². The lowest BCUT2D eigenvalue weighted by atomic mass is 10.2. The molecule has 0 saturated carbocycles. The number of benzene rings is 1. The molecule has 0 aliphatic carbocycles. The second-order valence-electron chi connectivity index (χ2n) is 3.48. The molecule has 18 heavy (non-hydrogen) atoms. The van der Waals surface area contributed by atoms with Gasteiger partial charge in [0.25, 0.3) is 0 Å². The first kappa shape index (κ1) is 13.6. The summed E-state index contributed by atoms with van der Waals surface area (Å²) in [4.78, 5) is 4.07. The van der Waals surface area contributed by atoms with E-state index in [2.05, 4.69) is 36.8 Å². The Morgan fingerprint density at radius 2 is 1.94 bits per heavy atom. The molecule has 1 aromatic heterocycles. The highest BCUT2D eigenvalue weighted by Crippen LogP contribution is 2.34. The van der Waals surface area contributed by atoms with Gasteiger partial charge in [0.1, 0.15) is 11.3 Å². The van der Waals surface area contributed by atoms with Crippen LogP contribution in [0.5, 0.6) is 5.75 Å². The number of hydrogen-bond acceptors (Lipinski definition) is 2. The molecule has 1 heterocycles. The SMILES string of the molecule is FC(F)(F)COc1cccc2c(Br)c(Br)cnc12. The molecule has 1 aromatic carbocycles. The second-order valence-corrected chi connectivity index (χ2v) is 5.12. The van der Waals surface area contributed by atoms with Gasteiger partial charge < -0.3 is 4.74 Å². The van der Waals surface area contributed by atoms with E-state index in [-0.39, 0.29) is 5.75 Å². The Morgan fingerprint density at radius 3 is 2.61 bits per heavy atom. The summed E-state index contributed by atoms with van der Waals surface area (Å²) in [7, 11) is 0. The van der Waals surface area contributed by atoms with Crippen LogP contribution in [-0.2, 0) is 0 Å². The number of nitrogens with zero attached hydrogens (tertiary/aromatic N) is 1. The molecule has 96 valence electrons. The first-order valence-corrected chi connectivity index (χ1v) is 6.39. The van der Waals surface area contributed by atoms with Gasteiger partial charge in [-0.25, -0.2) is 0 Å². The van der Waals surface area contributed by atoms with Crippen LogP contribution in [0.15, 0.2) is 33.3 Å². The lowest BCUT2D eigenvalue weighted by Gasteiger charge is -2.11. The van der Waals surface area contributed by atoms with Crippen LogP contribution in [0.1, 0.15) is 0 Å². The second kappa shape index (κ2) is 5.05. The van der Waals surface area contributed by atoms with E-state index in [1.807, 2.05) is 0 Å². The first-order valence-electron chi connectivity index (χ1n) is 4.81. The average Bonchev–Trinajstić information content (AvgIpc) is 2.30. The molecule has 2 rings (SSSR count). The van der Waals surface area contributed by atoms with Gasteiger partial charge >= 0.3 is 6.18 Å². The zero-order valence-electron chi connectivity index (χ0n) is 8.76. The van der Waals surface area contributed by atoms with E-state index in [0.29, 0.717) is 10.9 Å². The van der Waals surface area contributed by atoms with Crippen molar-refractivity contribution >= 4 is 42.8 Å². The minimum atomic E-state index is -4.37. The highest BCUT2D eigenvalue weighted by atomic mass is 79.9. The first-order chi connectivity index (χ1) is 8.38. The fourth-order valence-corrected chi connectivity index (χ4v) is 2.15. The molecule has 0 spiro atoms.